The predicted octanol–water partition coefficient (Wildman–Crippen LogP) is 2.37. The Bertz CT molecular complexity index is 695. The minimum atomic E-state index is -2.23. The largest absolute Gasteiger partial charge is 0.399 e. The lowest BCUT2D eigenvalue weighted by Gasteiger charge is -1.89. The number of anilines is 1. The van der Waals surface area contributed by atoms with E-state index in [9.17, 15) is 0 Å². The van der Waals surface area contributed by atoms with Gasteiger partial charge in [-0.3, -0.25) is 4.99 Å². The van der Waals surface area contributed by atoms with Crippen LogP contribution in [-0.4, -0.2) is 22.2 Å². The molecule has 1 aromatic heterocycles. The van der Waals surface area contributed by atoms with Crippen molar-refractivity contribution in [2.24, 2.45) is 4.99 Å². The number of thioether (sulfide) groups is 1. The van der Waals surface area contributed by atoms with Crippen LogP contribution in [0.25, 0.3) is 10.2 Å². The Balaban J connectivity index is 2.07. The summed E-state index contributed by atoms with van der Waals surface area (Å²) >= 11 is 2.11. The molecule has 0 bridgehead atoms. The van der Waals surface area contributed by atoms with Crippen molar-refractivity contribution in [3.05, 3.63) is 23.2 Å². The minimum absolute atomic E-state index is 0.301. The molecule has 1 aliphatic rings. The third-order valence-corrected chi connectivity index (χ3v) is 3.77. The number of aliphatic imine (C=N–C) groups is 1. The molecule has 0 radical (unpaired) electrons. The molecule has 0 saturated carbocycles. The molecule has 3 nitrogen and oxygen atoms in total. The van der Waals surface area contributed by atoms with Gasteiger partial charge >= 0.3 is 0 Å². The van der Waals surface area contributed by atoms with Crippen molar-refractivity contribution in [1.82, 2.24) is 4.98 Å². The zero-order chi connectivity index (χ0) is 13.8. The third kappa shape index (κ3) is 1.61. The Morgan fingerprint density at radius 3 is 3.20 bits per heavy atom. The van der Waals surface area contributed by atoms with Gasteiger partial charge in [-0.1, -0.05) is 0 Å². The molecule has 0 saturated heterocycles. The summed E-state index contributed by atoms with van der Waals surface area (Å²) < 4.78 is 31.3. The Morgan fingerprint density at radius 2 is 2.40 bits per heavy atom. The van der Waals surface area contributed by atoms with E-state index in [1.807, 2.05) is 0 Å². The van der Waals surface area contributed by atoms with E-state index in [-0.39, 0.29) is 0 Å². The molecule has 0 aliphatic carbocycles. The fourth-order valence-corrected chi connectivity index (χ4v) is 2.85. The molecule has 2 heterocycles. The van der Waals surface area contributed by atoms with E-state index in [2.05, 4.69) is 9.98 Å². The van der Waals surface area contributed by atoms with Crippen LogP contribution in [-0.2, 0) is 0 Å². The molecule has 15 heavy (non-hydrogen) atoms. The van der Waals surface area contributed by atoms with Gasteiger partial charge in [0.25, 0.3) is 0 Å². The number of nitrogens with two attached hydrogens (primary N) is 1. The molecular weight excluding hydrogens is 226 g/mol. The highest BCUT2D eigenvalue weighted by Gasteiger charge is 2.14. The predicted molar refractivity (Wildman–Crippen MR) is 67.9 cm³/mol. The average molecular weight is 239 g/mol. The van der Waals surface area contributed by atoms with Gasteiger partial charge in [0.2, 0.25) is 0 Å². The summed E-state index contributed by atoms with van der Waals surface area (Å²) in [6.07, 6.45) is 0. The third-order valence-electron chi connectivity index (χ3n) is 1.95. The number of thiazole rings is 1. The summed E-state index contributed by atoms with van der Waals surface area (Å²) in [6, 6.07) is 5.32. The van der Waals surface area contributed by atoms with E-state index < -0.39 is 12.2 Å². The molecule has 5 heteroatoms. The van der Waals surface area contributed by atoms with Crippen LogP contribution in [0.3, 0.4) is 0 Å². The van der Waals surface area contributed by atoms with Crippen LogP contribution in [0, 0.1) is 0 Å². The summed E-state index contributed by atoms with van der Waals surface area (Å²) in [7, 11) is 0. The summed E-state index contributed by atoms with van der Waals surface area (Å²) in [6.45, 7) is -2.23. The highest BCUT2D eigenvalue weighted by Crippen LogP contribution is 2.28. The van der Waals surface area contributed by atoms with Gasteiger partial charge < -0.3 is 5.73 Å². The first kappa shape index (κ1) is 5.86. The first-order chi connectivity index (χ1) is 8.78. The molecule has 0 unspecified atom stereocenters. The molecule has 0 amide bonds. The average Bonchev–Trinajstić information content (AvgIpc) is 2.78. The Morgan fingerprint density at radius 1 is 1.47 bits per heavy atom. The van der Waals surface area contributed by atoms with Gasteiger partial charge in [0.15, 0.2) is 0 Å². The van der Waals surface area contributed by atoms with E-state index >= 15 is 0 Å². The monoisotopic (exact) mass is 239 g/mol. The molecule has 2 aromatic rings. The summed E-state index contributed by atoms with van der Waals surface area (Å²) in [5, 5.41) is 0.825. The topological polar surface area (TPSA) is 51.3 Å². The van der Waals surface area contributed by atoms with E-state index in [1.54, 1.807) is 18.2 Å². The molecule has 0 atom stereocenters. The lowest BCUT2D eigenvalue weighted by molar-refractivity contribution is 1.17. The highest BCUT2D eigenvalue weighted by molar-refractivity contribution is 8.15. The number of nitrogens with zero attached hydrogens (tertiary/aromatic N) is 2. The lowest BCUT2D eigenvalue weighted by Crippen LogP contribution is -1.88. The molecule has 1 aliphatic heterocycles. The number of fused-ring (bicyclic) bond motifs is 1. The van der Waals surface area contributed by atoms with Crippen molar-refractivity contribution in [2.75, 3.05) is 17.9 Å². The summed E-state index contributed by atoms with van der Waals surface area (Å²) in [5.74, 6) is 0. The van der Waals surface area contributed by atoms with E-state index in [4.69, 9.17) is 11.2 Å². The van der Waals surface area contributed by atoms with Gasteiger partial charge in [-0.15, -0.1) is 23.1 Å². The maximum absolute atomic E-state index is 7.63. The fourth-order valence-electron chi connectivity index (χ4n) is 1.29. The first-order valence-electron chi connectivity index (χ1n) is 6.24. The molecule has 0 spiro atoms. The second-order valence-electron chi connectivity index (χ2n) is 2.98. The maximum atomic E-state index is 7.63. The van der Waals surface area contributed by atoms with Crippen LogP contribution < -0.4 is 5.73 Å². The molecule has 0 fully saturated rings. The standard InChI is InChI=1S/C10H9N3S2/c11-6-1-2-7-8(5-6)15-10(13-7)9-12-3-4-14-9/h1-2,5H,3-4,11H2/i3D2,4D2. The number of benzene rings is 1. The maximum Gasteiger partial charge on any atom is 0.149 e. The molecule has 1 aromatic carbocycles. The van der Waals surface area contributed by atoms with Crippen LogP contribution in [0.15, 0.2) is 23.2 Å². The first-order valence-corrected chi connectivity index (χ1v) is 5.87. The lowest BCUT2D eigenvalue weighted by atomic mass is 10.3. The van der Waals surface area contributed by atoms with Crippen molar-refractivity contribution in [2.45, 2.75) is 0 Å². The number of aromatic nitrogens is 1. The number of rotatable bonds is 1. The van der Waals surface area contributed by atoms with Crippen LogP contribution >= 0.6 is 23.1 Å². The molecular formula is C10H9N3S2. The van der Waals surface area contributed by atoms with E-state index in [0.717, 1.165) is 22.0 Å². The van der Waals surface area contributed by atoms with Crippen molar-refractivity contribution in [3.63, 3.8) is 0 Å². The normalized spacial score (nSPS) is 26.5. The van der Waals surface area contributed by atoms with Crippen LogP contribution in [0.5, 0.6) is 0 Å². The van der Waals surface area contributed by atoms with Crippen molar-refractivity contribution in [1.29, 1.82) is 0 Å². The van der Waals surface area contributed by atoms with Gasteiger partial charge in [-0.2, -0.15) is 0 Å². The molecule has 2 N–H and O–H groups in total. The van der Waals surface area contributed by atoms with Crippen LogP contribution in [0.2, 0.25) is 0 Å². The Labute approximate surface area is 101 Å². The van der Waals surface area contributed by atoms with Gasteiger partial charge in [0.1, 0.15) is 10.1 Å². The zero-order valence-corrected chi connectivity index (χ0v) is 9.15. The van der Waals surface area contributed by atoms with Gasteiger partial charge in [-0.05, 0) is 18.2 Å². The van der Waals surface area contributed by atoms with Gasteiger partial charge in [0, 0.05) is 20.6 Å². The van der Waals surface area contributed by atoms with E-state index in [1.165, 1.54) is 11.3 Å². The Kier molecular flexibility index (Phi) is 1.37. The fraction of sp³-hybridized carbons (Fsp3) is 0.200. The molecule has 3 rings (SSSR count). The van der Waals surface area contributed by atoms with Crippen LogP contribution in [0.1, 0.15) is 10.5 Å². The Hall–Kier alpha value is -1.07. The zero-order valence-electron chi connectivity index (χ0n) is 11.5. The number of nitrogen functional groups attached to an aromatic ring is 1. The smallest absolute Gasteiger partial charge is 0.149 e. The quantitative estimate of drug-likeness (QED) is 0.777. The SMILES string of the molecule is [2H]C1([2H])N=C(c2nc3ccc(N)cc3s2)SC1([2H])[2H]. The van der Waals surface area contributed by atoms with Crippen molar-refractivity contribution in [3.8, 4) is 0 Å². The minimum Gasteiger partial charge on any atom is -0.399 e. The van der Waals surface area contributed by atoms with Gasteiger partial charge in [-0.25, -0.2) is 4.98 Å². The van der Waals surface area contributed by atoms with Crippen LogP contribution in [0.4, 0.5) is 5.69 Å². The highest BCUT2D eigenvalue weighted by atomic mass is 32.2. The number of hydrogen-bond donors (Lipinski definition) is 1. The van der Waals surface area contributed by atoms with E-state index in [0.29, 0.717) is 15.7 Å². The second-order valence-corrected chi connectivity index (χ2v) is 4.80. The van der Waals surface area contributed by atoms with Crippen molar-refractivity contribution < 1.29 is 5.48 Å². The summed E-state index contributed by atoms with van der Waals surface area (Å²) in [5.41, 5.74) is 5.01. The van der Waals surface area contributed by atoms with Gasteiger partial charge in [0.05, 0.1) is 13.0 Å². The summed E-state index contributed by atoms with van der Waals surface area (Å²) in [4.78, 5) is 8.16. The number of hydrogen-bond acceptors (Lipinski definition) is 5. The second kappa shape index (κ2) is 3.50. The molecule has 76 valence electrons. The van der Waals surface area contributed by atoms with Crippen molar-refractivity contribution >= 4 is 44.0 Å².